The normalized spacial score (nSPS) is 20.1. The average molecular weight is 485 g/mol. The fourth-order valence-corrected chi connectivity index (χ4v) is 4.31. The van der Waals surface area contributed by atoms with Crippen molar-refractivity contribution in [1.29, 1.82) is 0 Å². The average Bonchev–Trinajstić information content (AvgIpc) is 3.43. The van der Waals surface area contributed by atoms with E-state index in [2.05, 4.69) is 21.3 Å². The van der Waals surface area contributed by atoms with Crippen LogP contribution < -0.4 is 26.0 Å². The molecule has 4 N–H and O–H groups in total. The summed E-state index contributed by atoms with van der Waals surface area (Å²) in [5.74, 6) is -0.324. The highest BCUT2D eigenvalue weighted by atomic mass is 16.5. The minimum absolute atomic E-state index is 0.211. The van der Waals surface area contributed by atoms with Crippen molar-refractivity contribution in [1.82, 2.24) is 16.0 Å². The van der Waals surface area contributed by atoms with Crippen LogP contribution in [0, 0.1) is 0 Å². The van der Waals surface area contributed by atoms with Gasteiger partial charge in [0, 0.05) is 24.2 Å². The number of imide groups is 1. The molecule has 5 amide bonds. The highest BCUT2D eigenvalue weighted by molar-refractivity contribution is 6.07. The van der Waals surface area contributed by atoms with Gasteiger partial charge in [-0.3, -0.25) is 19.7 Å². The summed E-state index contributed by atoms with van der Waals surface area (Å²) in [7, 11) is 0. The molecule has 0 aromatic heterocycles. The molecule has 1 saturated heterocycles. The molecule has 3 aromatic rings. The van der Waals surface area contributed by atoms with Crippen molar-refractivity contribution in [3.63, 3.8) is 0 Å². The quantitative estimate of drug-likeness (QED) is 0.400. The maximum absolute atomic E-state index is 12.8. The number of hydrogen-bond acceptors (Lipinski definition) is 5. The number of anilines is 1. The highest BCUT2D eigenvalue weighted by Gasteiger charge is 2.43. The Kier molecular flexibility index (Phi) is 5.89. The van der Waals surface area contributed by atoms with Gasteiger partial charge < -0.3 is 20.7 Å². The number of carbonyl (C=O) groups is 4. The van der Waals surface area contributed by atoms with E-state index in [9.17, 15) is 19.2 Å². The van der Waals surface area contributed by atoms with Gasteiger partial charge in [0.15, 0.2) is 6.10 Å². The zero-order valence-electron chi connectivity index (χ0n) is 19.5. The lowest BCUT2D eigenvalue weighted by Crippen LogP contribution is -2.40. The Labute approximate surface area is 207 Å². The molecule has 0 radical (unpaired) electrons. The number of hydrogen-bond donors (Lipinski definition) is 4. The van der Waals surface area contributed by atoms with Gasteiger partial charge in [0.1, 0.15) is 11.3 Å². The summed E-state index contributed by atoms with van der Waals surface area (Å²) in [6.07, 6.45) is -0.133. The lowest BCUT2D eigenvalue weighted by atomic mass is 9.91. The molecule has 182 valence electrons. The van der Waals surface area contributed by atoms with E-state index in [1.807, 2.05) is 30.3 Å². The number of amides is 5. The maximum atomic E-state index is 12.8. The zero-order chi connectivity index (χ0) is 25.3. The van der Waals surface area contributed by atoms with Crippen molar-refractivity contribution < 1.29 is 23.9 Å². The van der Waals surface area contributed by atoms with Crippen molar-refractivity contribution in [2.45, 2.75) is 31.5 Å². The molecule has 3 aromatic carbocycles. The first kappa shape index (κ1) is 23.1. The molecule has 0 spiro atoms. The highest BCUT2D eigenvalue weighted by Crippen LogP contribution is 2.29. The Hall–Kier alpha value is -4.66. The van der Waals surface area contributed by atoms with Crippen LogP contribution in [-0.4, -0.2) is 29.9 Å². The molecule has 2 aliphatic heterocycles. The molecule has 0 bridgehead atoms. The van der Waals surface area contributed by atoms with E-state index < -0.39 is 23.6 Å². The van der Waals surface area contributed by atoms with E-state index in [1.165, 1.54) is 0 Å². The van der Waals surface area contributed by atoms with Crippen LogP contribution in [0.25, 0.3) is 0 Å². The second kappa shape index (κ2) is 9.18. The lowest BCUT2D eigenvalue weighted by Gasteiger charge is -2.21. The van der Waals surface area contributed by atoms with Crippen LogP contribution in [0.3, 0.4) is 0 Å². The van der Waals surface area contributed by atoms with Gasteiger partial charge in [-0.15, -0.1) is 0 Å². The van der Waals surface area contributed by atoms with Crippen LogP contribution >= 0.6 is 0 Å². The van der Waals surface area contributed by atoms with Gasteiger partial charge in [-0.2, -0.15) is 0 Å². The Morgan fingerprint density at radius 1 is 1.03 bits per heavy atom. The molecular formula is C27H24N4O5. The Balaban J connectivity index is 1.21. The summed E-state index contributed by atoms with van der Waals surface area (Å²) >= 11 is 0. The molecule has 36 heavy (non-hydrogen) atoms. The molecule has 9 heteroatoms. The van der Waals surface area contributed by atoms with Crippen molar-refractivity contribution in [2.24, 2.45) is 0 Å². The Morgan fingerprint density at radius 3 is 2.61 bits per heavy atom. The Bertz CT molecular complexity index is 1360. The number of fused-ring (bicyclic) bond motifs is 1. The van der Waals surface area contributed by atoms with E-state index >= 15 is 0 Å². The Morgan fingerprint density at radius 2 is 1.83 bits per heavy atom. The van der Waals surface area contributed by atoms with Gasteiger partial charge in [-0.05, 0) is 47.9 Å². The second-order valence-electron chi connectivity index (χ2n) is 8.90. The predicted molar refractivity (Wildman–Crippen MR) is 131 cm³/mol. The first-order valence-corrected chi connectivity index (χ1v) is 11.5. The summed E-state index contributed by atoms with van der Waals surface area (Å²) < 4.78 is 5.73. The largest absolute Gasteiger partial charge is 0.480 e. The smallest absolute Gasteiger partial charge is 0.322 e. The zero-order valence-corrected chi connectivity index (χ0v) is 19.5. The lowest BCUT2D eigenvalue weighted by molar-refractivity contribution is -0.123. The number of para-hydroxylation sites is 1. The molecule has 5 rings (SSSR count). The molecule has 0 aliphatic carbocycles. The van der Waals surface area contributed by atoms with Crippen LogP contribution in [0.5, 0.6) is 5.75 Å². The van der Waals surface area contributed by atoms with Gasteiger partial charge in [-0.25, -0.2) is 4.79 Å². The third-order valence-corrected chi connectivity index (χ3v) is 6.33. The van der Waals surface area contributed by atoms with Gasteiger partial charge in [0.2, 0.25) is 0 Å². The molecule has 2 unspecified atom stereocenters. The van der Waals surface area contributed by atoms with Crippen LogP contribution in [0.15, 0.2) is 72.8 Å². The molecule has 1 fully saturated rings. The van der Waals surface area contributed by atoms with Crippen LogP contribution in [0.1, 0.15) is 34.0 Å². The number of nitrogens with one attached hydrogen (secondary N) is 4. The van der Waals surface area contributed by atoms with Gasteiger partial charge in [0.25, 0.3) is 17.7 Å². The summed E-state index contributed by atoms with van der Waals surface area (Å²) in [5.41, 5.74) is 2.06. The standard InChI is InChI=1S/C27H24N4O5/c1-27(25(34)30-26(35)31-27)19-9-4-6-16(12-19)15-28-23(32)18-8-5-10-20(13-18)29-24(33)22-14-17-7-2-3-11-21(17)36-22/h2-13,22H,14-15H2,1H3,(H,28,32)(H,29,33)(H2,30,31,34,35). The number of carbonyl (C=O) groups excluding carboxylic acids is 4. The third-order valence-electron chi connectivity index (χ3n) is 6.33. The van der Waals surface area contributed by atoms with Gasteiger partial charge >= 0.3 is 6.03 Å². The fraction of sp³-hybridized carbons (Fsp3) is 0.185. The first-order chi connectivity index (χ1) is 17.3. The molecule has 2 aliphatic rings. The number of urea groups is 1. The topological polar surface area (TPSA) is 126 Å². The van der Waals surface area contributed by atoms with Crippen molar-refractivity contribution in [3.8, 4) is 5.75 Å². The van der Waals surface area contributed by atoms with E-state index in [-0.39, 0.29) is 18.4 Å². The fourth-order valence-electron chi connectivity index (χ4n) is 4.31. The van der Waals surface area contributed by atoms with Crippen LogP contribution in [0.4, 0.5) is 10.5 Å². The maximum Gasteiger partial charge on any atom is 0.322 e. The van der Waals surface area contributed by atoms with E-state index in [0.717, 1.165) is 11.1 Å². The summed E-state index contributed by atoms with van der Waals surface area (Å²) in [6, 6.07) is 20.7. The number of benzene rings is 3. The van der Waals surface area contributed by atoms with E-state index in [1.54, 1.807) is 49.4 Å². The molecule has 9 nitrogen and oxygen atoms in total. The van der Waals surface area contributed by atoms with Gasteiger partial charge in [0.05, 0.1) is 0 Å². The molecule has 2 heterocycles. The van der Waals surface area contributed by atoms with E-state index in [4.69, 9.17) is 4.74 Å². The van der Waals surface area contributed by atoms with Gasteiger partial charge in [-0.1, -0.05) is 48.5 Å². The second-order valence-corrected chi connectivity index (χ2v) is 8.90. The predicted octanol–water partition coefficient (Wildman–Crippen LogP) is 2.61. The molecule has 0 saturated carbocycles. The van der Waals surface area contributed by atoms with Crippen molar-refractivity contribution in [3.05, 3.63) is 95.1 Å². The van der Waals surface area contributed by atoms with Crippen LogP contribution in [-0.2, 0) is 28.1 Å². The SMILES string of the molecule is CC1(c2cccc(CNC(=O)c3cccc(NC(=O)C4Cc5ccccc5O4)c3)c2)NC(=O)NC1=O. The minimum atomic E-state index is -1.17. The monoisotopic (exact) mass is 484 g/mol. The van der Waals surface area contributed by atoms with E-state index in [0.29, 0.717) is 29.0 Å². The molecular weight excluding hydrogens is 460 g/mol. The summed E-state index contributed by atoms with van der Waals surface area (Å²) in [5, 5.41) is 10.5. The number of ether oxygens (including phenoxy) is 1. The third kappa shape index (κ3) is 4.50. The molecule has 2 atom stereocenters. The summed E-state index contributed by atoms with van der Waals surface area (Å²) in [6.45, 7) is 1.84. The number of rotatable bonds is 6. The van der Waals surface area contributed by atoms with Crippen molar-refractivity contribution >= 4 is 29.4 Å². The minimum Gasteiger partial charge on any atom is -0.480 e. The first-order valence-electron chi connectivity index (χ1n) is 11.5. The van der Waals surface area contributed by atoms with Crippen LogP contribution in [0.2, 0.25) is 0 Å². The summed E-state index contributed by atoms with van der Waals surface area (Å²) in [4.78, 5) is 49.3. The van der Waals surface area contributed by atoms with Crippen molar-refractivity contribution in [2.75, 3.05) is 5.32 Å².